The van der Waals surface area contributed by atoms with Crippen LogP contribution in [0.4, 0.5) is 0 Å². The zero-order chi connectivity index (χ0) is 19.8. The molecule has 0 amide bonds. The van der Waals surface area contributed by atoms with Crippen molar-refractivity contribution in [1.82, 2.24) is 15.1 Å². The standard InChI is InChI=1S/C21H33ClN4O2.HI/c1-3-23-21(24-14-20(27-2)18-5-4-6-19(22)13-18)26-8-7-17(16-26)15-25-9-11-28-12-10-25;/h4-6,13,17,20H,3,7-12,14-16H2,1-2H3,(H,23,24);1H. The van der Waals surface area contributed by atoms with E-state index in [-0.39, 0.29) is 30.1 Å². The van der Waals surface area contributed by atoms with Crippen molar-refractivity contribution < 1.29 is 9.47 Å². The van der Waals surface area contributed by atoms with Crippen molar-refractivity contribution in [3.8, 4) is 0 Å². The molecule has 0 radical (unpaired) electrons. The SMILES string of the molecule is CCNC(=NCC(OC)c1cccc(Cl)c1)N1CCC(CN2CCOCC2)C1.I. The van der Waals surface area contributed by atoms with Gasteiger partial charge in [-0.3, -0.25) is 9.89 Å². The van der Waals surface area contributed by atoms with Crippen molar-refractivity contribution in [3.63, 3.8) is 0 Å². The first-order valence-corrected chi connectivity index (χ1v) is 10.7. The molecule has 2 unspecified atom stereocenters. The van der Waals surface area contributed by atoms with E-state index in [1.807, 2.05) is 24.3 Å². The maximum absolute atomic E-state index is 6.13. The number of likely N-dealkylation sites (tertiary alicyclic amines) is 1. The summed E-state index contributed by atoms with van der Waals surface area (Å²) in [7, 11) is 1.72. The number of hydrogen-bond donors (Lipinski definition) is 1. The van der Waals surface area contributed by atoms with Gasteiger partial charge in [0.25, 0.3) is 0 Å². The number of halogens is 2. The van der Waals surface area contributed by atoms with Crippen LogP contribution in [0.25, 0.3) is 0 Å². The van der Waals surface area contributed by atoms with E-state index in [1.54, 1.807) is 7.11 Å². The Morgan fingerprint density at radius 3 is 2.83 bits per heavy atom. The van der Waals surface area contributed by atoms with Crippen LogP contribution in [0.15, 0.2) is 29.3 Å². The molecular weight excluding hydrogens is 503 g/mol. The Bertz CT molecular complexity index is 643. The zero-order valence-electron chi connectivity index (χ0n) is 17.5. The molecule has 0 aliphatic carbocycles. The van der Waals surface area contributed by atoms with Gasteiger partial charge in [0.2, 0.25) is 0 Å². The van der Waals surface area contributed by atoms with Crippen molar-refractivity contribution >= 4 is 41.5 Å². The van der Waals surface area contributed by atoms with Gasteiger partial charge in [-0.15, -0.1) is 24.0 Å². The minimum atomic E-state index is -0.0980. The molecule has 2 fully saturated rings. The summed E-state index contributed by atoms with van der Waals surface area (Å²) < 4.78 is 11.1. The van der Waals surface area contributed by atoms with Crippen LogP contribution in [0, 0.1) is 5.92 Å². The number of benzene rings is 1. The lowest BCUT2D eigenvalue weighted by molar-refractivity contribution is 0.0315. The summed E-state index contributed by atoms with van der Waals surface area (Å²) in [4.78, 5) is 9.80. The highest BCUT2D eigenvalue weighted by Crippen LogP contribution is 2.22. The Morgan fingerprint density at radius 2 is 2.14 bits per heavy atom. The minimum absolute atomic E-state index is 0. The average molecular weight is 537 g/mol. The van der Waals surface area contributed by atoms with E-state index in [2.05, 4.69) is 22.0 Å². The Kier molecular flexibility index (Phi) is 11.0. The summed E-state index contributed by atoms with van der Waals surface area (Å²) in [5.41, 5.74) is 1.06. The molecule has 3 rings (SSSR count). The van der Waals surface area contributed by atoms with Gasteiger partial charge in [0.05, 0.1) is 19.8 Å². The van der Waals surface area contributed by atoms with Gasteiger partial charge >= 0.3 is 0 Å². The Labute approximate surface area is 197 Å². The number of ether oxygens (including phenoxy) is 2. The quantitative estimate of drug-likeness (QED) is 0.329. The van der Waals surface area contributed by atoms with E-state index in [4.69, 9.17) is 26.1 Å². The number of methoxy groups -OCH3 is 1. The van der Waals surface area contributed by atoms with E-state index in [0.717, 1.165) is 69.0 Å². The number of hydrogen-bond acceptors (Lipinski definition) is 4. The minimum Gasteiger partial charge on any atom is -0.379 e. The third-order valence-electron chi connectivity index (χ3n) is 5.45. The number of aliphatic imine (C=N–C) groups is 1. The summed E-state index contributed by atoms with van der Waals surface area (Å²) in [5.74, 6) is 1.67. The second-order valence-corrected chi connectivity index (χ2v) is 7.92. The third-order valence-corrected chi connectivity index (χ3v) is 5.69. The van der Waals surface area contributed by atoms with Crippen LogP contribution in [0.2, 0.25) is 5.02 Å². The molecule has 1 aromatic rings. The Hall–Kier alpha value is -0.610. The van der Waals surface area contributed by atoms with Gasteiger partial charge in [0.1, 0.15) is 6.10 Å². The van der Waals surface area contributed by atoms with E-state index in [9.17, 15) is 0 Å². The summed E-state index contributed by atoms with van der Waals surface area (Å²) in [6.07, 6.45) is 1.11. The van der Waals surface area contributed by atoms with Gasteiger partial charge in [-0.1, -0.05) is 23.7 Å². The molecule has 0 saturated carbocycles. The first kappa shape index (κ1) is 24.7. The molecule has 0 aromatic heterocycles. The van der Waals surface area contributed by atoms with Crippen molar-refractivity contribution in [2.45, 2.75) is 19.4 Å². The second-order valence-electron chi connectivity index (χ2n) is 7.49. The van der Waals surface area contributed by atoms with Gasteiger partial charge in [0.15, 0.2) is 5.96 Å². The van der Waals surface area contributed by atoms with Crippen molar-refractivity contribution in [1.29, 1.82) is 0 Å². The largest absolute Gasteiger partial charge is 0.379 e. The lowest BCUT2D eigenvalue weighted by Gasteiger charge is -2.29. The smallest absolute Gasteiger partial charge is 0.194 e. The fourth-order valence-corrected chi connectivity index (χ4v) is 4.14. The van der Waals surface area contributed by atoms with Gasteiger partial charge in [-0.2, -0.15) is 0 Å². The number of guanidine groups is 1. The molecule has 0 bridgehead atoms. The predicted molar refractivity (Wildman–Crippen MR) is 130 cm³/mol. The maximum atomic E-state index is 6.13. The molecule has 2 heterocycles. The van der Waals surface area contributed by atoms with Crippen LogP contribution in [-0.2, 0) is 9.47 Å². The van der Waals surface area contributed by atoms with Gasteiger partial charge < -0.3 is 19.7 Å². The van der Waals surface area contributed by atoms with Crippen molar-refractivity contribution in [2.24, 2.45) is 10.9 Å². The Morgan fingerprint density at radius 1 is 1.34 bits per heavy atom. The van der Waals surface area contributed by atoms with Crippen LogP contribution >= 0.6 is 35.6 Å². The first-order valence-electron chi connectivity index (χ1n) is 10.3. The van der Waals surface area contributed by atoms with E-state index in [0.29, 0.717) is 12.5 Å². The number of morpholine rings is 1. The molecule has 8 heteroatoms. The third kappa shape index (κ3) is 7.54. The molecule has 2 saturated heterocycles. The van der Waals surface area contributed by atoms with E-state index in [1.165, 1.54) is 6.42 Å². The van der Waals surface area contributed by atoms with E-state index < -0.39 is 0 Å². The molecule has 0 spiro atoms. The van der Waals surface area contributed by atoms with Crippen LogP contribution in [-0.4, -0.2) is 81.9 Å². The average Bonchev–Trinajstić information content (AvgIpc) is 3.17. The second kappa shape index (κ2) is 12.9. The monoisotopic (exact) mass is 536 g/mol. The zero-order valence-corrected chi connectivity index (χ0v) is 20.6. The molecular formula is C21H34ClIN4O2. The lowest BCUT2D eigenvalue weighted by Crippen LogP contribution is -2.42. The highest BCUT2D eigenvalue weighted by Gasteiger charge is 2.27. The van der Waals surface area contributed by atoms with Crippen LogP contribution in [0.1, 0.15) is 25.0 Å². The molecule has 6 nitrogen and oxygen atoms in total. The molecule has 29 heavy (non-hydrogen) atoms. The number of nitrogens with one attached hydrogen (secondary N) is 1. The summed E-state index contributed by atoms with van der Waals surface area (Å²) in [5, 5.41) is 4.17. The van der Waals surface area contributed by atoms with Crippen LogP contribution in [0.3, 0.4) is 0 Å². The first-order chi connectivity index (χ1) is 13.7. The fourth-order valence-electron chi connectivity index (χ4n) is 3.94. The highest BCUT2D eigenvalue weighted by molar-refractivity contribution is 14.0. The summed E-state index contributed by atoms with van der Waals surface area (Å²) >= 11 is 6.13. The molecule has 2 atom stereocenters. The molecule has 2 aliphatic heterocycles. The van der Waals surface area contributed by atoms with Gasteiger partial charge in [-0.05, 0) is 37.0 Å². The van der Waals surface area contributed by atoms with E-state index >= 15 is 0 Å². The van der Waals surface area contributed by atoms with Gasteiger partial charge in [-0.25, -0.2) is 0 Å². The fraction of sp³-hybridized carbons (Fsp3) is 0.667. The lowest BCUT2D eigenvalue weighted by atomic mass is 10.1. The molecule has 1 aromatic carbocycles. The summed E-state index contributed by atoms with van der Waals surface area (Å²) in [6, 6.07) is 7.82. The molecule has 2 aliphatic rings. The number of rotatable bonds is 7. The highest BCUT2D eigenvalue weighted by atomic mass is 127. The number of nitrogens with zero attached hydrogens (tertiary/aromatic N) is 3. The normalized spacial score (nSPS) is 21.7. The topological polar surface area (TPSA) is 49.3 Å². The molecule has 1 N–H and O–H groups in total. The summed E-state index contributed by atoms with van der Waals surface area (Å²) in [6.45, 7) is 10.6. The van der Waals surface area contributed by atoms with Crippen LogP contribution in [0.5, 0.6) is 0 Å². The predicted octanol–water partition coefficient (Wildman–Crippen LogP) is 3.27. The van der Waals surface area contributed by atoms with Crippen molar-refractivity contribution in [3.05, 3.63) is 34.9 Å². The molecule has 164 valence electrons. The van der Waals surface area contributed by atoms with Gasteiger partial charge in [0, 0.05) is 51.4 Å². The van der Waals surface area contributed by atoms with Crippen molar-refractivity contribution in [2.75, 3.05) is 66.1 Å². The Balaban J connectivity index is 0.00000300. The van der Waals surface area contributed by atoms with Crippen LogP contribution < -0.4 is 5.32 Å². The maximum Gasteiger partial charge on any atom is 0.194 e.